The summed E-state index contributed by atoms with van der Waals surface area (Å²) in [4.78, 5) is 11.6. The molecule has 0 aliphatic rings. The molecular formula is C9H10N4OS. The maximum absolute atomic E-state index is 11.6. The molecule has 78 valence electrons. The molecule has 6 heteroatoms. The summed E-state index contributed by atoms with van der Waals surface area (Å²) in [6.07, 6.45) is 3.92. The second-order valence-electron chi connectivity index (χ2n) is 3.09. The standard InChI is InChI=1S/C9H10N4OS/c1-2-13-5-7(4-10-13)3-9(14)8-6-15-12-11-8/h4-6H,2-3H2,1H3. The van der Waals surface area contributed by atoms with Crippen molar-refractivity contribution >= 4 is 17.3 Å². The zero-order chi connectivity index (χ0) is 10.7. The number of aryl methyl sites for hydroxylation is 1. The monoisotopic (exact) mass is 222 g/mol. The molecule has 5 nitrogen and oxygen atoms in total. The average molecular weight is 222 g/mol. The topological polar surface area (TPSA) is 60.7 Å². The third-order valence-electron chi connectivity index (χ3n) is 2.02. The first kappa shape index (κ1) is 9.97. The van der Waals surface area contributed by atoms with Gasteiger partial charge >= 0.3 is 0 Å². The first-order chi connectivity index (χ1) is 7.29. The van der Waals surface area contributed by atoms with E-state index in [9.17, 15) is 4.79 Å². The SMILES string of the molecule is CCn1cc(CC(=O)c2csnn2)cn1. The number of hydrogen-bond donors (Lipinski definition) is 0. The van der Waals surface area contributed by atoms with E-state index in [1.54, 1.807) is 16.3 Å². The summed E-state index contributed by atoms with van der Waals surface area (Å²) in [5.74, 6) is -0.0144. The molecule has 2 heterocycles. The van der Waals surface area contributed by atoms with Gasteiger partial charge in [-0.1, -0.05) is 4.49 Å². The maximum atomic E-state index is 11.6. The van der Waals surface area contributed by atoms with Gasteiger partial charge in [-0.15, -0.1) is 5.10 Å². The van der Waals surface area contributed by atoms with E-state index < -0.39 is 0 Å². The summed E-state index contributed by atoms with van der Waals surface area (Å²) < 4.78 is 5.45. The largest absolute Gasteiger partial charge is 0.292 e. The Morgan fingerprint density at radius 3 is 3.07 bits per heavy atom. The van der Waals surface area contributed by atoms with Crippen LogP contribution in [0.4, 0.5) is 0 Å². The van der Waals surface area contributed by atoms with Gasteiger partial charge in [0.25, 0.3) is 0 Å². The zero-order valence-electron chi connectivity index (χ0n) is 8.25. The Labute approximate surface area is 90.9 Å². The molecule has 15 heavy (non-hydrogen) atoms. The fourth-order valence-electron chi connectivity index (χ4n) is 1.23. The lowest BCUT2D eigenvalue weighted by Crippen LogP contribution is -2.03. The van der Waals surface area contributed by atoms with Gasteiger partial charge in [-0.25, -0.2) is 0 Å². The van der Waals surface area contributed by atoms with Crippen LogP contribution in [0.15, 0.2) is 17.8 Å². The summed E-state index contributed by atoms with van der Waals surface area (Å²) in [5, 5.41) is 9.49. The van der Waals surface area contributed by atoms with E-state index in [4.69, 9.17) is 0 Å². The molecule has 0 atom stereocenters. The van der Waals surface area contributed by atoms with Crippen molar-refractivity contribution in [2.45, 2.75) is 19.9 Å². The number of nitrogens with zero attached hydrogens (tertiary/aromatic N) is 4. The van der Waals surface area contributed by atoms with Crippen LogP contribution in [-0.2, 0) is 13.0 Å². The van der Waals surface area contributed by atoms with Crippen LogP contribution in [0.2, 0.25) is 0 Å². The number of carbonyl (C=O) groups excluding carboxylic acids is 1. The summed E-state index contributed by atoms with van der Waals surface area (Å²) in [6, 6.07) is 0. The van der Waals surface area contributed by atoms with Crippen LogP contribution in [0, 0.1) is 0 Å². The van der Waals surface area contributed by atoms with Crippen molar-refractivity contribution in [3.63, 3.8) is 0 Å². The number of aromatic nitrogens is 4. The molecule has 0 fully saturated rings. The van der Waals surface area contributed by atoms with Gasteiger partial charge in [-0.2, -0.15) is 5.10 Å². The van der Waals surface area contributed by atoms with Gasteiger partial charge in [0.2, 0.25) is 0 Å². The van der Waals surface area contributed by atoms with Crippen LogP contribution in [-0.4, -0.2) is 25.2 Å². The molecule has 0 unspecified atom stereocenters. The van der Waals surface area contributed by atoms with Gasteiger partial charge in [0, 0.05) is 24.5 Å². The third-order valence-corrected chi connectivity index (χ3v) is 2.53. The van der Waals surface area contributed by atoms with E-state index in [0.717, 1.165) is 12.1 Å². The van der Waals surface area contributed by atoms with Gasteiger partial charge in [0.05, 0.1) is 6.20 Å². The van der Waals surface area contributed by atoms with E-state index in [1.165, 1.54) is 11.5 Å². The Morgan fingerprint density at radius 1 is 1.60 bits per heavy atom. The second kappa shape index (κ2) is 4.31. The van der Waals surface area contributed by atoms with Crippen LogP contribution in [0.25, 0.3) is 0 Å². The third kappa shape index (κ3) is 2.27. The summed E-state index contributed by atoms with van der Waals surface area (Å²) in [7, 11) is 0. The van der Waals surface area contributed by atoms with E-state index >= 15 is 0 Å². The summed E-state index contributed by atoms with van der Waals surface area (Å²) in [6.45, 7) is 2.81. The van der Waals surface area contributed by atoms with E-state index in [-0.39, 0.29) is 5.78 Å². The lowest BCUT2D eigenvalue weighted by atomic mass is 10.1. The second-order valence-corrected chi connectivity index (χ2v) is 3.70. The van der Waals surface area contributed by atoms with E-state index in [0.29, 0.717) is 12.1 Å². The molecule has 0 aromatic carbocycles. The van der Waals surface area contributed by atoms with Gasteiger partial charge in [0.15, 0.2) is 5.78 Å². The molecule has 0 bridgehead atoms. The van der Waals surface area contributed by atoms with Gasteiger partial charge in [-0.3, -0.25) is 9.48 Å². The number of Topliss-reactive ketones (excluding diaryl/α,β-unsaturated/α-hetero) is 1. The van der Waals surface area contributed by atoms with Crippen LogP contribution in [0.3, 0.4) is 0 Å². The highest BCUT2D eigenvalue weighted by Crippen LogP contribution is 2.05. The summed E-state index contributed by atoms with van der Waals surface area (Å²) >= 11 is 1.19. The van der Waals surface area contributed by atoms with Gasteiger partial charge in [0.1, 0.15) is 5.69 Å². The van der Waals surface area contributed by atoms with Crippen molar-refractivity contribution in [2.75, 3.05) is 0 Å². The van der Waals surface area contributed by atoms with Crippen molar-refractivity contribution in [1.82, 2.24) is 19.4 Å². The smallest absolute Gasteiger partial charge is 0.188 e. The van der Waals surface area contributed by atoms with Gasteiger partial charge in [-0.05, 0) is 24.0 Å². The van der Waals surface area contributed by atoms with Crippen LogP contribution < -0.4 is 0 Å². The van der Waals surface area contributed by atoms with Crippen LogP contribution in [0.1, 0.15) is 23.0 Å². The quantitative estimate of drug-likeness (QED) is 0.729. The Morgan fingerprint density at radius 2 is 2.47 bits per heavy atom. The number of ketones is 1. The van der Waals surface area contributed by atoms with Crippen molar-refractivity contribution in [3.05, 3.63) is 29.0 Å². The minimum atomic E-state index is -0.0144. The Bertz CT molecular complexity index is 448. The molecule has 0 saturated carbocycles. The first-order valence-corrected chi connectivity index (χ1v) is 5.45. The van der Waals surface area contributed by atoms with E-state index in [1.807, 2.05) is 13.1 Å². The fourth-order valence-corrected chi connectivity index (χ4v) is 1.69. The predicted octanol–water partition coefficient (Wildman–Crippen LogP) is 1.18. The Balaban J connectivity index is 2.06. The lowest BCUT2D eigenvalue weighted by molar-refractivity contribution is 0.0988. The molecule has 2 aromatic rings. The highest BCUT2D eigenvalue weighted by atomic mass is 32.1. The number of hydrogen-bond acceptors (Lipinski definition) is 5. The number of rotatable bonds is 4. The molecule has 0 aliphatic heterocycles. The molecular weight excluding hydrogens is 212 g/mol. The van der Waals surface area contributed by atoms with E-state index in [2.05, 4.69) is 14.7 Å². The molecule has 0 saturated heterocycles. The molecule has 0 amide bonds. The molecule has 2 rings (SSSR count). The predicted molar refractivity (Wildman–Crippen MR) is 55.8 cm³/mol. The van der Waals surface area contributed by atoms with Gasteiger partial charge < -0.3 is 0 Å². The highest BCUT2D eigenvalue weighted by Gasteiger charge is 2.10. The Hall–Kier alpha value is -1.56. The molecule has 0 radical (unpaired) electrons. The zero-order valence-corrected chi connectivity index (χ0v) is 9.07. The minimum absolute atomic E-state index is 0.0144. The lowest BCUT2D eigenvalue weighted by Gasteiger charge is -1.93. The average Bonchev–Trinajstić information content (AvgIpc) is 2.87. The maximum Gasteiger partial charge on any atom is 0.188 e. The van der Waals surface area contributed by atoms with Crippen molar-refractivity contribution < 1.29 is 4.79 Å². The molecule has 0 aliphatic carbocycles. The Kier molecular flexibility index (Phi) is 2.86. The van der Waals surface area contributed by atoms with Crippen molar-refractivity contribution in [3.8, 4) is 0 Å². The minimum Gasteiger partial charge on any atom is -0.292 e. The van der Waals surface area contributed by atoms with Crippen LogP contribution in [0.5, 0.6) is 0 Å². The molecule has 2 aromatic heterocycles. The van der Waals surface area contributed by atoms with Crippen molar-refractivity contribution in [1.29, 1.82) is 0 Å². The van der Waals surface area contributed by atoms with Crippen molar-refractivity contribution in [2.24, 2.45) is 0 Å². The van der Waals surface area contributed by atoms with Crippen LogP contribution >= 0.6 is 11.5 Å². The molecule has 0 N–H and O–H groups in total. The normalized spacial score (nSPS) is 10.5. The molecule has 0 spiro atoms. The fraction of sp³-hybridized carbons (Fsp3) is 0.333. The first-order valence-electron chi connectivity index (χ1n) is 4.61. The highest BCUT2D eigenvalue weighted by molar-refractivity contribution is 7.03. The summed E-state index contributed by atoms with van der Waals surface area (Å²) in [5.41, 5.74) is 1.35. The number of carbonyl (C=O) groups is 1.